The van der Waals surface area contributed by atoms with Crippen molar-refractivity contribution in [2.24, 2.45) is 4.99 Å². The molecule has 1 aromatic heterocycles. The van der Waals surface area contributed by atoms with Crippen LogP contribution in [0, 0.1) is 5.82 Å². The molecule has 8 heteroatoms. The van der Waals surface area contributed by atoms with Gasteiger partial charge in [0.2, 0.25) is 0 Å². The van der Waals surface area contributed by atoms with Crippen LogP contribution in [0.15, 0.2) is 35.5 Å². The summed E-state index contributed by atoms with van der Waals surface area (Å²) in [5.41, 5.74) is 0.963. The van der Waals surface area contributed by atoms with Crippen molar-refractivity contribution in [2.75, 3.05) is 46.4 Å². The number of nitrogens with one attached hydrogen (secondary N) is 2. The molecule has 1 fully saturated rings. The highest BCUT2D eigenvalue weighted by atomic mass is 32.1. The van der Waals surface area contributed by atoms with Crippen LogP contribution in [-0.2, 0) is 17.6 Å². The molecular formula is C21H30FN5OS. The summed E-state index contributed by atoms with van der Waals surface area (Å²) in [6, 6.07) is 6.90. The second kappa shape index (κ2) is 11.2. The van der Waals surface area contributed by atoms with Crippen LogP contribution in [0.25, 0.3) is 0 Å². The summed E-state index contributed by atoms with van der Waals surface area (Å²) >= 11 is 1.76. The summed E-state index contributed by atoms with van der Waals surface area (Å²) in [6.45, 7) is 6.61. The summed E-state index contributed by atoms with van der Waals surface area (Å²) in [5, 5.41) is 7.89. The molecule has 6 nitrogen and oxygen atoms in total. The zero-order chi connectivity index (χ0) is 20.5. The predicted octanol–water partition coefficient (Wildman–Crippen LogP) is 2.63. The van der Waals surface area contributed by atoms with Crippen molar-refractivity contribution < 1.29 is 9.13 Å². The maximum absolute atomic E-state index is 13.8. The normalized spacial score (nSPS) is 16.6. The minimum absolute atomic E-state index is 0.0548. The number of hydrogen-bond acceptors (Lipinski definition) is 5. The first-order valence-electron chi connectivity index (χ1n) is 10.1. The van der Waals surface area contributed by atoms with Crippen molar-refractivity contribution in [3.05, 3.63) is 51.7 Å². The van der Waals surface area contributed by atoms with E-state index in [2.05, 4.69) is 32.4 Å². The SMILES string of the molecule is CCc1cnc(CCNC(=NC)NCC(c2cccc(F)c2)N2CCOCC2)s1. The van der Waals surface area contributed by atoms with Gasteiger partial charge in [0.1, 0.15) is 5.82 Å². The largest absolute Gasteiger partial charge is 0.379 e. The predicted molar refractivity (Wildman–Crippen MR) is 116 cm³/mol. The maximum atomic E-state index is 13.8. The molecule has 1 atom stereocenters. The summed E-state index contributed by atoms with van der Waals surface area (Å²) in [6.07, 6.45) is 3.85. The molecule has 0 bridgehead atoms. The Morgan fingerprint density at radius 3 is 2.86 bits per heavy atom. The van der Waals surface area contributed by atoms with Crippen molar-refractivity contribution in [3.8, 4) is 0 Å². The molecule has 2 aromatic rings. The van der Waals surface area contributed by atoms with Gasteiger partial charge in [-0.05, 0) is 24.1 Å². The average Bonchev–Trinajstić information content (AvgIpc) is 3.21. The van der Waals surface area contributed by atoms with E-state index in [0.29, 0.717) is 19.8 Å². The van der Waals surface area contributed by atoms with E-state index in [1.54, 1.807) is 30.5 Å². The van der Waals surface area contributed by atoms with E-state index in [0.717, 1.165) is 49.0 Å². The number of aromatic nitrogens is 1. The Hall–Kier alpha value is -2.03. The molecule has 1 saturated heterocycles. The van der Waals surface area contributed by atoms with Gasteiger partial charge >= 0.3 is 0 Å². The number of nitrogens with zero attached hydrogens (tertiary/aromatic N) is 3. The van der Waals surface area contributed by atoms with E-state index in [-0.39, 0.29) is 11.9 Å². The molecule has 2 N–H and O–H groups in total. The first kappa shape index (κ1) is 21.7. The van der Waals surface area contributed by atoms with E-state index >= 15 is 0 Å². The number of thiazole rings is 1. The highest BCUT2D eigenvalue weighted by Crippen LogP contribution is 2.22. The standard InChI is InChI=1S/C21H30FN5OS/c1-3-18-14-25-20(29-18)7-8-24-21(23-2)26-15-19(27-9-11-28-12-10-27)16-5-4-6-17(22)13-16/h4-6,13-14,19H,3,7-12,15H2,1-2H3,(H2,23,24,26). The van der Waals surface area contributed by atoms with Gasteiger partial charge in [0.15, 0.2) is 5.96 Å². The lowest BCUT2D eigenvalue weighted by molar-refractivity contribution is 0.0169. The molecule has 3 rings (SSSR count). The number of aliphatic imine (C=N–C) groups is 1. The quantitative estimate of drug-likeness (QED) is 0.509. The Labute approximate surface area is 176 Å². The van der Waals surface area contributed by atoms with Crippen LogP contribution in [0.4, 0.5) is 4.39 Å². The fraction of sp³-hybridized carbons (Fsp3) is 0.524. The number of ether oxygens (including phenoxy) is 1. The second-order valence-corrected chi connectivity index (χ2v) is 8.12. The van der Waals surface area contributed by atoms with Gasteiger partial charge in [-0.1, -0.05) is 19.1 Å². The van der Waals surface area contributed by atoms with E-state index < -0.39 is 0 Å². The summed E-state index contributed by atoms with van der Waals surface area (Å²) < 4.78 is 19.3. The van der Waals surface area contributed by atoms with Crippen molar-refractivity contribution in [2.45, 2.75) is 25.8 Å². The van der Waals surface area contributed by atoms with Crippen LogP contribution >= 0.6 is 11.3 Å². The molecule has 1 unspecified atom stereocenters. The van der Waals surface area contributed by atoms with Gasteiger partial charge < -0.3 is 15.4 Å². The summed E-state index contributed by atoms with van der Waals surface area (Å²) in [7, 11) is 1.76. The Kier molecular flexibility index (Phi) is 8.39. The second-order valence-electron chi connectivity index (χ2n) is 6.92. The van der Waals surface area contributed by atoms with E-state index in [4.69, 9.17) is 4.74 Å². The van der Waals surface area contributed by atoms with Crippen molar-refractivity contribution in [1.82, 2.24) is 20.5 Å². The number of aryl methyl sites for hydroxylation is 1. The summed E-state index contributed by atoms with van der Waals surface area (Å²) in [5.74, 6) is 0.532. The molecule has 0 radical (unpaired) electrons. The van der Waals surface area contributed by atoms with E-state index in [1.807, 2.05) is 12.3 Å². The molecule has 1 aromatic carbocycles. The first-order valence-corrected chi connectivity index (χ1v) is 11.0. The highest BCUT2D eigenvalue weighted by Gasteiger charge is 2.23. The molecule has 1 aliphatic heterocycles. The van der Waals surface area contributed by atoms with Crippen LogP contribution < -0.4 is 10.6 Å². The van der Waals surface area contributed by atoms with Gasteiger partial charge in [0, 0.05) is 50.7 Å². The van der Waals surface area contributed by atoms with Gasteiger partial charge in [-0.25, -0.2) is 9.37 Å². The lowest BCUT2D eigenvalue weighted by atomic mass is 10.0. The van der Waals surface area contributed by atoms with Crippen LogP contribution in [0.1, 0.15) is 28.4 Å². The van der Waals surface area contributed by atoms with Gasteiger partial charge in [-0.2, -0.15) is 0 Å². The fourth-order valence-corrected chi connectivity index (χ4v) is 4.25. The third-order valence-corrected chi connectivity index (χ3v) is 6.19. The molecule has 0 spiro atoms. The zero-order valence-corrected chi connectivity index (χ0v) is 18.0. The third-order valence-electron chi connectivity index (χ3n) is 4.99. The maximum Gasteiger partial charge on any atom is 0.191 e. The molecule has 0 saturated carbocycles. The van der Waals surface area contributed by atoms with Crippen LogP contribution in [0.3, 0.4) is 0 Å². The lowest BCUT2D eigenvalue weighted by Gasteiger charge is -2.35. The Morgan fingerprint density at radius 2 is 2.17 bits per heavy atom. The fourth-order valence-electron chi connectivity index (χ4n) is 3.39. The van der Waals surface area contributed by atoms with Crippen LogP contribution in [0.5, 0.6) is 0 Å². The zero-order valence-electron chi connectivity index (χ0n) is 17.2. The number of benzene rings is 1. The van der Waals surface area contributed by atoms with Crippen molar-refractivity contribution >= 4 is 17.3 Å². The van der Waals surface area contributed by atoms with Crippen molar-refractivity contribution in [1.29, 1.82) is 0 Å². The van der Waals surface area contributed by atoms with Gasteiger partial charge in [0.25, 0.3) is 0 Å². The minimum atomic E-state index is -0.210. The molecule has 0 aliphatic carbocycles. The molecular weight excluding hydrogens is 389 g/mol. The lowest BCUT2D eigenvalue weighted by Crippen LogP contribution is -2.46. The van der Waals surface area contributed by atoms with Crippen LogP contribution in [0.2, 0.25) is 0 Å². The Bertz CT molecular complexity index is 791. The summed E-state index contributed by atoms with van der Waals surface area (Å²) in [4.78, 5) is 12.4. The minimum Gasteiger partial charge on any atom is -0.379 e. The van der Waals surface area contributed by atoms with Crippen molar-refractivity contribution in [3.63, 3.8) is 0 Å². The topological polar surface area (TPSA) is 61.8 Å². The molecule has 0 amide bonds. The van der Waals surface area contributed by atoms with Crippen LogP contribution in [-0.4, -0.2) is 62.3 Å². The molecule has 158 valence electrons. The molecule has 2 heterocycles. The number of rotatable bonds is 8. The number of guanidine groups is 1. The van der Waals surface area contributed by atoms with Gasteiger partial charge in [-0.15, -0.1) is 11.3 Å². The molecule has 29 heavy (non-hydrogen) atoms. The van der Waals surface area contributed by atoms with Gasteiger partial charge in [-0.3, -0.25) is 9.89 Å². The first-order chi connectivity index (χ1) is 14.2. The number of morpholine rings is 1. The smallest absolute Gasteiger partial charge is 0.191 e. The van der Waals surface area contributed by atoms with Gasteiger partial charge in [0.05, 0.1) is 24.3 Å². The van der Waals surface area contributed by atoms with E-state index in [9.17, 15) is 4.39 Å². The number of halogens is 1. The molecule has 1 aliphatic rings. The average molecular weight is 420 g/mol. The monoisotopic (exact) mass is 419 g/mol. The number of hydrogen-bond donors (Lipinski definition) is 2. The Balaban J connectivity index is 1.56. The van der Waals surface area contributed by atoms with E-state index in [1.165, 1.54) is 10.9 Å². The third kappa shape index (κ3) is 6.48. The highest BCUT2D eigenvalue weighted by molar-refractivity contribution is 7.11. The Morgan fingerprint density at radius 1 is 1.34 bits per heavy atom.